The summed E-state index contributed by atoms with van der Waals surface area (Å²) >= 11 is 1.58. The molecule has 0 atom stereocenters. The van der Waals surface area contributed by atoms with E-state index in [1.807, 2.05) is 48.7 Å². The Morgan fingerprint density at radius 3 is 2.63 bits per heavy atom. The average molecular weight is 415 g/mol. The van der Waals surface area contributed by atoms with Gasteiger partial charge in [0.2, 0.25) is 5.13 Å². The van der Waals surface area contributed by atoms with Gasteiger partial charge in [0.25, 0.3) is 0 Å². The normalized spacial score (nSPS) is 11.7. The number of hydrazone groups is 1. The second-order valence-electron chi connectivity index (χ2n) is 7.09. The topological polar surface area (TPSA) is 42.2 Å². The molecule has 2 aromatic heterocycles. The Bertz CT molecular complexity index is 1330. The molecule has 30 heavy (non-hydrogen) atoms. The van der Waals surface area contributed by atoms with Gasteiger partial charge in [0.1, 0.15) is 5.82 Å². The lowest BCUT2D eigenvalue weighted by molar-refractivity contribution is 0.626. The number of anilines is 1. The molecule has 0 bridgehead atoms. The lowest BCUT2D eigenvalue weighted by atomic mass is 10.1. The van der Waals surface area contributed by atoms with Crippen molar-refractivity contribution >= 4 is 43.8 Å². The van der Waals surface area contributed by atoms with Crippen LogP contribution in [0.3, 0.4) is 0 Å². The molecule has 0 unspecified atom stereocenters. The monoisotopic (exact) mass is 414 g/mol. The van der Waals surface area contributed by atoms with Crippen molar-refractivity contribution in [3.8, 4) is 0 Å². The minimum atomic E-state index is -0.221. The minimum Gasteiger partial charge on any atom is -0.340 e. The predicted octanol–water partition coefficient (Wildman–Crippen LogP) is 6.19. The minimum absolute atomic E-state index is 0.221. The Balaban J connectivity index is 1.47. The van der Waals surface area contributed by atoms with Gasteiger partial charge in [0.15, 0.2) is 0 Å². The van der Waals surface area contributed by atoms with Gasteiger partial charge in [-0.3, -0.25) is 5.43 Å². The molecule has 1 N–H and O–H groups in total. The van der Waals surface area contributed by atoms with Gasteiger partial charge < -0.3 is 4.57 Å². The predicted molar refractivity (Wildman–Crippen MR) is 123 cm³/mol. The van der Waals surface area contributed by atoms with Gasteiger partial charge in [-0.25, -0.2) is 9.37 Å². The van der Waals surface area contributed by atoms with Crippen LogP contribution >= 0.6 is 11.3 Å². The highest BCUT2D eigenvalue weighted by Crippen LogP contribution is 2.27. The van der Waals surface area contributed by atoms with Gasteiger partial charge in [-0.1, -0.05) is 53.8 Å². The molecular formula is C24H19FN4S. The van der Waals surface area contributed by atoms with Crippen LogP contribution in [-0.4, -0.2) is 15.8 Å². The SMILES string of the molecule is Cc1c(/C=N\Nc2nc3ccccc3s2)c2ccccc2n1Cc1ccc(F)cc1. The molecule has 0 saturated carbocycles. The zero-order valence-electron chi connectivity index (χ0n) is 16.3. The fraction of sp³-hybridized carbons (Fsp3) is 0.0833. The Labute approximate surface area is 177 Å². The van der Waals surface area contributed by atoms with E-state index in [-0.39, 0.29) is 5.82 Å². The summed E-state index contributed by atoms with van der Waals surface area (Å²) in [6.07, 6.45) is 1.85. The molecule has 4 nitrogen and oxygen atoms in total. The largest absolute Gasteiger partial charge is 0.340 e. The highest BCUT2D eigenvalue weighted by atomic mass is 32.1. The molecule has 0 fully saturated rings. The fourth-order valence-electron chi connectivity index (χ4n) is 3.67. The quantitative estimate of drug-likeness (QED) is 0.275. The van der Waals surface area contributed by atoms with Crippen LogP contribution in [0, 0.1) is 12.7 Å². The van der Waals surface area contributed by atoms with Crippen molar-refractivity contribution in [3.05, 3.63) is 95.4 Å². The van der Waals surface area contributed by atoms with Gasteiger partial charge in [0, 0.05) is 28.7 Å². The van der Waals surface area contributed by atoms with E-state index in [1.54, 1.807) is 11.3 Å². The van der Waals surface area contributed by atoms with Gasteiger partial charge in [0.05, 0.1) is 16.4 Å². The first kappa shape index (κ1) is 18.5. The summed E-state index contributed by atoms with van der Waals surface area (Å²) in [6, 6.07) is 22.9. The molecule has 0 aliphatic carbocycles. The second kappa shape index (κ2) is 7.72. The molecule has 3 aromatic carbocycles. The standard InChI is InChI=1S/C24H19FN4S/c1-16-20(14-26-28-24-27-21-7-3-5-9-23(21)30-24)19-6-2-4-8-22(19)29(16)15-17-10-12-18(25)13-11-17/h2-14H,15H2,1H3,(H,27,28)/b26-14-. The summed E-state index contributed by atoms with van der Waals surface area (Å²) < 4.78 is 16.6. The maximum Gasteiger partial charge on any atom is 0.204 e. The molecule has 0 saturated heterocycles. The smallest absolute Gasteiger partial charge is 0.204 e. The van der Waals surface area contributed by atoms with E-state index in [2.05, 4.69) is 45.2 Å². The van der Waals surface area contributed by atoms with E-state index < -0.39 is 0 Å². The van der Waals surface area contributed by atoms with Crippen LogP contribution in [0.25, 0.3) is 21.1 Å². The number of para-hydroxylation sites is 2. The van der Waals surface area contributed by atoms with E-state index in [9.17, 15) is 4.39 Å². The number of fused-ring (bicyclic) bond motifs is 2. The van der Waals surface area contributed by atoms with Crippen molar-refractivity contribution in [2.24, 2.45) is 5.10 Å². The van der Waals surface area contributed by atoms with Crippen LogP contribution in [0.4, 0.5) is 9.52 Å². The van der Waals surface area contributed by atoms with Gasteiger partial charge in [-0.2, -0.15) is 5.10 Å². The van der Waals surface area contributed by atoms with Gasteiger partial charge in [-0.05, 0) is 42.8 Å². The summed E-state index contributed by atoms with van der Waals surface area (Å²) in [5, 5.41) is 6.36. The van der Waals surface area contributed by atoms with E-state index in [4.69, 9.17) is 0 Å². The number of halogens is 1. The Kier molecular flexibility index (Phi) is 4.77. The lowest BCUT2D eigenvalue weighted by Gasteiger charge is -2.08. The van der Waals surface area contributed by atoms with Crippen LogP contribution in [0.15, 0.2) is 77.9 Å². The van der Waals surface area contributed by atoms with Crippen molar-refractivity contribution in [2.45, 2.75) is 13.5 Å². The van der Waals surface area contributed by atoms with Gasteiger partial charge >= 0.3 is 0 Å². The molecular weight excluding hydrogens is 395 g/mol. The zero-order valence-corrected chi connectivity index (χ0v) is 17.2. The summed E-state index contributed by atoms with van der Waals surface area (Å²) in [7, 11) is 0. The number of hydrogen-bond donors (Lipinski definition) is 1. The van der Waals surface area contributed by atoms with E-state index in [0.717, 1.165) is 43.1 Å². The van der Waals surface area contributed by atoms with Crippen molar-refractivity contribution in [3.63, 3.8) is 0 Å². The summed E-state index contributed by atoms with van der Waals surface area (Å²) in [5.74, 6) is -0.221. The van der Waals surface area contributed by atoms with Crippen LogP contribution in [0.5, 0.6) is 0 Å². The van der Waals surface area contributed by atoms with Crippen LogP contribution in [-0.2, 0) is 6.54 Å². The van der Waals surface area contributed by atoms with E-state index in [0.29, 0.717) is 6.54 Å². The molecule has 0 spiro atoms. The Hall–Kier alpha value is -3.51. The first-order valence-corrected chi connectivity index (χ1v) is 10.5. The number of hydrogen-bond acceptors (Lipinski definition) is 4. The highest BCUT2D eigenvalue weighted by Gasteiger charge is 2.13. The van der Waals surface area contributed by atoms with Crippen molar-refractivity contribution < 1.29 is 4.39 Å². The van der Waals surface area contributed by atoms with E-state index in [1.165, 1.54) is 12.1 Å². The summed E-state index contributed by atoms with van der Waals surface area (Å²) in [4.78, 5) is 4.55. The number of aromatic nitrogens is 2. The van der Waals surface area contributed by atoms with Gasteiger partial charge in [-0.15, -0.1) is 0 Å². The number of nitrogens with zero attached hydrogens (tertiary/aromatic N) is 3. The van der Waals surface area contributed by atoms with Crippen LogP contribution in [0.1, 0.15) is 16.8 Å². The maximum atomic E-state index is 13.3. The van der Waals surface area contributed by atoms with Crippen LogP contribution in [0.2, 0.25) is 0 Å². The third-order valence-corrected chi connectivity index (χ3v) is 6.12. The number of nitrogens with one attached hydrogen (secondary N) is 1. The van der Waals surface area contributed by atoms with Crippen molar-refractivity contribution in [1.29, 1.82) is 0 Å². The molecule has 5 aromatic rings. The number of benzene rings is 3. The van der Waals surface area contributed by atoms with Crippen molar-refractivity contribution in [1.82, 2.24) is 9.55 Å². The molecule has 0 aliphatic heterocycles. The lowest BCUT2D eigenvalue weighted by Crippen LogP contribution is -2.02. The van der Waals surface area contributed by atoms with Crippen LogP contribution < -0.4 is 5.43 Å². The molecule has 0 radical (unpaired) electrons. The molecule has 2 heterocycles. The fourth-order valence-corrected chi connectivity index (χ4v) is 4.48. The zero-order chi connectivity index (χ0) is 20.5. The third-order valence-electron chi connectivity index (χ3n) is 5.18. The molecule has 0 amide bonds. The molecule has 148 valence electrons. The van der Waals surface area contributed by atoms with Crippen molar-refractivity contribution in [2.75, 3.05) is 5.43 Å². The second-order valence-corrected chi connectivity index (χ2v) is 8.12. The summed E-state index contributed by atoms with van der Waals surface area (Å²) in [5.41, 5.74) is 8.37. The third kappa shape index (κ3) is 3.46. The molecule has 6 heteroatoms. The highest BCUT2D eigenvalue weighted by molar-refractivity contribution is 7.22. The Morgan fingerprint density at radius 2 is 1.80 bits per heavy atom. The molecule has 0 aliphatic rings. The number of thiazole rings is 1. The molecule has 5 rings (SSSR count). The first-order valence-electron chi connectivity index (χ1n) is 9.66. The average Bonchev–Trinajstić information content (AvgIpc) is 3.29. The Morgan fingerprint density at radius 1 is 1.03 bits per heavy atom. The summed E-state index contributed by atoms with van der Waals surface area (Å²) in [6.45, 7) is 2.76. The van der Waals surface area contributed by atoms with E-state index >= 15 is 0 Å². The number of rotatable bonds is 5. The maximum absolute atomic E-state index is 13.3. The first-order chi connectivity index (χ1) is 14.7.